The van der Waals surface area contributed by atoms with Crippen molar-refractivity contribution >= 4 is 11.8 Å². The molecule has 0 amide bonds. The number of rotatable bonds is 13. The van der Waals surface area contributed by atoms with Crippen molar-refractivity contribution in [1.82, 2.24) is 4.90 Å². The van der Waals surface area contributed by atoms with Gasteiger partial charge in [0, 0.05) is 12.5 Å². The lowest BCUT2D eigenvalue weighted by atomic mass is 10.1. The average molecular weight is 365 g/mol. The van der Waals surface area contributed by atoms with E-state index in [-0.39, 0.29) is 36.9 Å². The van der Waals surface area contributed by atoms with Crippen LogP contribution in [0, 0.1) is 5.92 Å². The molecule has 0 fully saturated rings. The van der Waals surface area contributed by atoms with Crippen LogP contribution in [0.2, 0.25) is 0 Å². The fraction of sp³-hybridized carbons (Fsp3) is 0.600. The maximum absolute atomic E-state index is 12.1. The van der Waals surface area contributed by atoms with E-state index >= 15 is 0 Å². The summed E-state index contributed by atoms with van der Waals surface area (Å²) in [6.07, 6.45) is 0. The Bertz CT molecular complexity index is 532. The molecule has 146 valence electrons. The smallest absolute Gasteiger partial charge is 0.323 e. The predicted molar refractivity (Wildman–Crippen MR) is 99.8 cm³/mol. The highest BCUT2D eigenvalue weighted by atomic mass is 16.5. The third kappa shape index (κ3) is 9.08. The number of hydrogen-bond acceptors (Lipinski definition) is 6. The Kier molecular flexibility index (Phi) is 10.8. The van der Waals surface area contributed by atoms with E-state index in [9.17, 15) is 9.59 Å². The molecule has 1 rings (SSSR count). The van der Waals surface area contributed by atoms with Crippen molar-refractivity contribution in [3.63, 3.8) is 0 Å². The first-order valence-corrected chi connectivity index (χ1v) is 9.00. The van der Waals surface area contributed by atoms with E-state index in [4.69, 9.17) is 14.2 Å². The van der Waals surface area contributed by atoms with Crippen LogP contribution in [0.5, 0.6) is 0 Å². The van der Waals surface area contributed by atoms with Gasteiger partial charge in [-0.2, -0.15) is 0 Å². The van der Waals surface area contributed by atoms with E-state index in [1.165, 1.54) is 0 Å². The zero-order valence-corrected chi connectivity index (χ0v) is 16.3. The summed E-state index contributed by atoms with van der Waals surface area (Å²) in [7, 11) is 1.86. The number of ether oxygens (including phenoxy) is 3. The third-order valence-electron chi connectivity index (χ3n) is 4.07. The Morgan fingerprint density at radius 2 is 1.65 bits per heavy atom. The molecule has 0 spiro atoms. The van der Waals surface area contributed by atoms with Crippen molar-refractivity contribution in [3.8, 4) is 0 Å². The number of hydrogen-bond donors (Lipinski definition) is 0. The van der Waals surface area contributed by atoms with Crippen LogP contribution in [-0.2, 0) is 30.4 Å². The zero-order chi connectivity index (χ0) is 19.4. The molecule has 1 aromatic carbocycles. The minimum Gasteiger partial charge on any atom is -0.460 e. The summed E-state index contributed by atoms with van der Waals surface area (Å²) >= 11 is 0. The van der Waals surface area contributed by atoms with Gasteiger partial charge in [-0.1, -0.05) is 44.2 Å². The highest BCUT2D eigenvalue weighted by Crippen LogP contribution is 2.04. The molecule has 0 aromatic heterocycles. The number of carbonyl (C=O) groups excluding carboxylic acids is 2. The summed E-state index contributed by atoms with van der Waals surface area (Å²) in [6, 6.07) is 9.26. The van der Waals surface area contributed by atoms with Crippen molar-refractivity contribution in [2.75, 3.05) is 40.0 Å². The van der Waals surface area contributed by atoms with Gasteiger partial charge in [-0.05, 0) is 19.5 Å². The first-order chi connectivity index (χ1) is 12.4. The minimum atomic E-state index is -0.345. The molecule has 6 heteroatoms. The summed E-state index contributed by atoms with van der Waals surface area (Å²) in [5, 5.41) is 0. The Morgan fingerprint density at radius 3 is 2.31 bits per heavy atom. The fourth-order valence-electron chi connectivity index (χ4n) is 1.99. The maximum atomic E-state index is 12.1. The second-order valence-corrected chi connectivity index (χ2v) is 6.54. The summed E-state index contributed by atoms with van der Waals surface area (Å²) in [6.45, 7) is 7.82. The quantitative estimate of drug-likeness (QED) is 0.395. The van der Waals surface area contributed by atoms with Crippen LogP contribution >= 0.6 is 0 Å². The largest absolute Gasteiger partial charge is 0.460 e. The molecule has 1 atom stereocenters. The van der Waals surface area contributed by atoms with Crippen LogP contribution in [0.15, 0.2) is 30.3 Å². The van der Waals surface area contributed by atoms with Crippen LogP contribution in [0.3, 0.4) is 0 Å². The number of benzene rings is 1. The van der Waals surface area contributed by atoms with Gasteiger partial charge < -0.3 is 14.2 Å². The van der Waals surface area contributed by atoms with Crippen LogP contribution in [-0.4, -0.2) is 62.7 Å². The number of ketones is 1. The molecule has 0 saturated heterocycles. The maximum Gasteiger partial charge on any atom is 0.323 e. The number of carbonyl (C=O) groups is 2. The Labute approximate surface area is 156 Å². The molecular weight excluding hydrogens is 334 g/mol. The number of Topliss-reactive ketones (excluding diaryl/α,β-unsaturated/α-hetero) is 1. The van der Waals surface area contributed by atoms with Crippen molar-refractivity contribution in [3.05, 3.63) is 35.9 Å². The molecule has 26 heavy (non-hydrogen) atoms. The molecule has 0 N–H and O–H groups in total. The van der Waals surface area contributed by atoms with Crippen molar-refractivity contribution in [2.24, 2.45) is 5.92 Å². The first kappa shape index (κ1) is 22.3. The van der Waals surface area contributed by atoms with Gasteiger partial charge in [-0.15, -0.1) is 0 Å². The monoisotopic (exact) mass is 365 g/mol. The minimum absolute atomic E-state index is 0.00676. The SMILES string of the molecule is CC(C)C(=O)COCCOCCN(C)C(C)C(=O)OCc1ccccc1. The number of nitrogens with zero attached hydrogens (tertiary/aromatic N) is 1. The molecule has 0 heterocycles. The van der Waals surface area contributed by atoms with Crippen LogP contribution in [0.25, 0.3) is 0 Å². The lowest BCUT2D eigenvalue weighted by Gasteiger charge is -2.23. The van der Waals surface area contributed by atoms with E-state index in [0.29, 0.717) is 26.4 Å². The van der Waals surface area contributed by atoms with Crippen molar-refractivity contribution < 1.29 is 23.8 Å². The molecule has 6 nitrogen and oxygen atoms in total. The second-order valence-electron chi connectivity index (χ2n) is 6.54. The second kappa shape index (κ2) is 12.6. The summed E-state index contributed by atoms with van der Waals surface area (Å²) in [5.41, 5.74) is 0.968. The zero-order valence-electron chi connectivity index (χ0n) is 16.3. The van der Waals surface area contributed by atoms with Gasteiger partial charge in [0.2, 0.25) is 0 Å². The molecule has 0 aliphatic rings. The van der Waals surface area contributed by atoms with E-state index in [0.717, 1.165) is 5.56 Å². The Morgan fingerprint density at radius 1 is 1.00 bits per heavy atom. The Balaban J connectivity index is 2.11. The van der Waals surface area contributed by atoms with E-state index in [2.05, 4.69) is 0 Å². The van der Waals surface area contributed by atoms with Crippen molar-refractivity contribution in [2.45, 2.75) is 33.4 Å². The fourth-order valence-corrected chi connectivity index (χ4v) is 1.99. The summed E-state index contributed by atoms with van der Waals surface area (Å²) < 4.78 is 16.1. The molecule has 0 aliphatic heterocycles. The highest BCUT2D eigenvalue weighted by molar-refractivity contribution is 5.81. The standard InChI is InChI=1S/C20H31NO5/c1-16(2)19(22)15-25-13-12-24-11-10-21(4)17(3)20(23)26-14-18-8-6-5-7-9-18/h5-9,16-17H,10-15H2,1-4H3. The lowest BCUT2D eigenvalue weighted by molar-refractivity contribution is -0.150. The summed E-state index contributed by atoms with van der Waals surface area (Å²) in [5.74, 6) is -0.174. The average Bonchev–Trinajstić information content (AvgIpc) is 2.64. The molecule has 1 unspecified atom stereocenters. The molecule has 0 bridgehead atoms. The van der Waals surface area contributed by atoms with Gasteiger partial charge in [-0.3, -0.25) is 14.5 Å². The number of esters is 1. The molecule has 0 aliphatic carbocycles. The van der Waals surface area contributed by atoms with E-state index < -0.39 is 0 Å². The van der Waals surface area contributed by atoms with Crippen LogP contribution in [0.4, 0.5) is 0 Å². The molecule has 0 saturated carbocycles. The van der Waals surface area contributed by atoms with Crippen LogP contribution < -0.4 is 0 Å². The van der Waals surface area contributed by atoms with Crippen LogP contribution in [0.1, 0.15) is 26.3 Å². The van der Waals surface area contributed by atoms with Gasteiger partial charge in [0.05, 0.1) is 19.8 Å². The molecular formula is C20H31NO5. The third-order valence-corrected chi connectivity index (χ3v) is 4.07. The molecule has 0 radical (unpaired) electrons. The molecule has 1 aromatic rings. The van der Waals surface area contributed by atoms with Crippen molar-refractivity contribution in [1.29, 1.82) is 0 Å². The van der Waals surface area contributed by atoms with E-state index in [1.54, 1.807) is 0 Å². The normalized spacial score (nSPS) is 12.4. The van der Waals surface area contributed by atoms with Gasteiger partial charge in [0.1, 0.15) is 19.3 Å². The van der Waals surface area contributed by atoms with Gasteiger partial charge in [0.15, 0.2) is 5.78 Å². The Hall–Kier alpha value is -1.76. The highest BCUT2D eigenvalue weighted by Gasteiger charge is 2.19. The first-order valence-electron chi connectivity index (χ1n) is 9.00. The number of likely N-dealkylation sites (N-methyl/N-ethyl adjacent to an activating group) is 1. The van der Waals surface area contributed by atoms with E-state index in [1.807, 2.05) is 63.1 Å². The van der Waals surface area contributed by atoms with Gasteiger partial charge in [-0.25, -0.2) is 0 Å². The van der Waals surface area contributed by atoms with Gasteiger partial charge >= 0.3 is 5.97 Å². The topological polar surface area (TPSA) is 65.1 Å². The lowest BCUT2D eigenvalue weighted by Crippen LogP contribution is -2.39. The predicted octanol–water partition coefficient (Wildman–Crippen LogP) is 2.31. The van der Waals surface area contributed by atoms with Gasteiger partial charge in [0.25, 0.3) is 0 Å². The summed E-state index contributed by atoms with van der Waals surface area (Å²) in [4.78, 5) is 25.4.